The number of piperidine rings is 1. The van der Waals surface area contributed by atoms with Crippen molar-refractivity contribution in [3.63, 3.8) is 0 Å². The van der Waals surface area contributed by atoms with Crippen molar-refractivity contribution >= 4 is 22.6 Å². The Hall–Kier alpha value is -2.87. The molecule has 0 bridgehead atoms. The molecule has 1 atom stereocenters. The quantitative estimate of drug-likeness (QED) is 0.604. The summed E-state index contributed by atoms with van der Waals surface area (Å²) in [4.78, 5) is 12.5. The Labute approximate surface area is 165 Å². The highest BCUT2D eigenvalue weighted by Crippen LogP contribution is 2.39. The number of carbonyl (C=O) groups is 1. The van der Waals surface area contributed by atoms with Gasteiger partial charge in [-0.25, -0.2) is 0 Å². The highest BCUT2D eigenvalue weighted by molar-refractivity contribution is 6.01. The molecule has 0 saturated carbocycles. The van der Waals surface area contributed by atoms with Gasteiger partial charge in [-0.3, -0.25) is 9.89 Å². The largest absolute Gasteiger partial charge is 0.417 e. The van der Waals surface area contributed by atoms with E-state index in [1.807, 2.05) is 0 Å². The number of rotatable bonds is 3. The smallest absolute Gasteiger partial charge is 0.316 e. The summed E-state index contributed by atoms with van der Waals surface area (Å²) >= 11 is 0. The Bertz CT molecular complexity index is 1050. The molecule has 0 spiro atoms. The van der Waals surface area contributed by atoms with Crippen LogP contribution in [0.25, 0.3) is 22.0 Å². The molecule has 1 aliphatic rings. The van der Waals surface area contributed by atoms with E-state index < -0.39 is 11.7 Å². The molecular weight excluding hydrogens is 381 g/mol. The lowest BCUT2D eigenvalue weighted by Crippen LogP contribution is -2.37. The van der Waals surface area contributed by atoms with Crippen molar-refractivity contribution in [2.24, 2.45) is 5.92 Å². The third-order valence-corrected chi connectivity index (χ3v) is 5.26. The first-order valence-electron chi connectivity index (χ1n) is 9.51. The van der Waals surface area contributed by atoms with Crippen LogP contribution in [0, 0.1) is 12.8 Å². The minimum atomic E-state index is -4.46. The summed E-state index contributed by atoms with van der Waals surface area (Å²) in [6.45, 7) is 3.14. The number of amides is 1. The maximum absolute atomic E-state index is 13.5. The second-order valence-corrected chi connectivity index (χ2v) is 7.41. The van der Waals surface area contributed by atoms with Gasteiger partial charge in [-0.15, -0.1) is 0 Å². The number of nitrogens with zero attached hydrogens (tertiary/aromatic N) is 1. The minimum absolute atomic E-state index is 0.0972. The van der Waals surface area contributed by atoms with E-state index in [4.69, 9.17) is 0 Å². The lowest BCUT2D eigenvalue weighted by Gasteiger charge is -2.21. The van der Waals surface area contributed by atoms with E-state index in [0.717, 1.165) is 25.5 Å². The van der Waals surface area contributed by atoms with E-state index in [0.29, 0.717) is 34.4 Å². The van der Waals surface area contributed by atoms with Gasteiger partial charge in [-0.05, 0) is 55.6 Å². The number of fused-ring (bicyclic) bond motifs is 1. The lowest BCUT2D eigenvalue weighted by molar-refractivity contribution is -0.137. The normalized spacial score (nSPS) is 17.4. The molecule has 2 aromatic carbocycles. The molecule has 0 aliphatic carbocycles. The van der Waals surface area contributed by atoms with E-state index >= 15 is 0 Å². The lowest BCUT2D eigenvalue weighted by atomic mass is 9.96. The fourth-order valence-corrected chi connectivity index (χ4v) is 3.72. The summed E-state index contributed by atoms with van der Waals surface area (Å²) in [6, 6.07) is 9.21. The second-order valence-electron chi connectivity index (χ2n) is 7.41. The van der Waals surface area contributed by atoms with E-state index in [1.165, 1.54) is 6.07 Å². The van der Waals surface area contributed by atoms with Crippen molar-refractivity contribution in [3.05, 3.63) is 47.5 Å². The summed E-state index contributed by atoms with van der Waals surface area (Å²) in [5.74, 6) is 0.0491. The van der Waals surface area contributed by atoms with E-state index in [1.54, 1.807) is 31.2 Å². The molecule has 8 heteroatoms. The number of carbonyl (C=O) groups excluding carboxylic acids is 1. The number of benzene rings is 2. The van der Waals surface area contributed by atoms with Crippen LogP contribution in [-0.2, 0) is 11.0 Å². The molecule has 3 N–H and O–H groups in total. The molecule has 1 saturated heterocycles. The van der Waals surface area contributed by atoms with Crippen LogP contribution >= 0.6 is 0 Å². The van der Waals surface area contributed by atoms with Gasteiger partial charge >= 0.3 is 6.18 Å². The first-order valence-corrected chi connectivity index (χ1v) is 9.51. The molecule has 29 heavy (non-hydrogen) atoms. The Kier molecular flexibility index (Phi) is 5.04. The van der Waals surface area contributed by atoms with Gasteiger partial charge in [-0.1, -0.05) is 23.8 Å². The highest BCUT2D eigenvalue weighted by atomic mass is 19.4. The number of H-pyrrole nitrogens is 1. The van der Waals surface area contributed by atoms with Crippen LogP contribution in [0.3, 0.4) is 0 Å². The fraction of sp³-hybridized carbons (Fsp3) is 0.333. The number of halogens is 3. The number of aromatic amines is 1. The first kappa shape index (κ1) is 19.4. The number of aromatic nitrogens is 2. The zero-order valence-corrected chi connectivity index (χ0v) is 15.9. The van der Waals surface area contributed by atoms with Gasteiger partial charge in [0.2, 0.25) is 5.91 Å². The summed E-state index contributed by atoms with van der Waals surface area (Å²) in [5.41, 5.74) is 1.02. The summed E-state index contributed by atoms with van der Waals surface area (Å²) in [7, 11) is 0. The molecule has 2 heterocycles. The van der Waals surface area contributed by atoms with Gasteiger partial charge in [0.1, 0.15) is 0 Å². The van der Waals surface area contributed by atoms with Crippen LogP contribution in [-0.4, -0.2) is 29.2 Å². The van der Waals surface area contributed by atoms with Gasteiger partial charge in [0.05, 0.1) is 17.0 Å². The third kappa shape index (κ3) is 3.98. The van der Waals surface area contributed by atoms with Gasteiger partial charge in [0.25, 0.3) is 0 Å². The molecule has 0 unspecified atom stereocenters. The van der Waals surface area contributed by atoms with Crippen LogP contribution < -0.4 is 10.6 Å². The average molecular weight is 402 g/mol. The van der Waals surface area contributed by atoms with E-state index in [9.17, 15) is 18.0 Å². The fourth-order valence-electron chi connectivity index (χ4n) is 3.72. The summed E-state index contributed by atoms with van der Waals surface area (Å²) in [5, 5.41) is 13.6. The topological polar surface area (TPSA) is 69.8 Å². The predicted octanol–water partition coefficient (Wildman–Crippen LogP) is 4.50. The third-order valence-electron chi connectivity index (χ3n) is 5.26. The zero-order valence-electron chi connectivity index (χ0n) is 15.9. The van der Waals surface area contributed by atoms with Crippen molar-refractivity contribution in [3.8, 4) is 11.1 Å². The SMILES string of the molecule is Cc1ccc(-c2ccc3[nH]nc(NC(=O)[C@@H]4CCCNC4)c3c2)c(C(F)(F)F)c1. The van der Waals surface area contributed by atoms with Crippen molar-refractivity contribution in [1.82, 2.24) is 15.5 Å². The van der Waals surface area contributed by atoms with Crippen LogP contribution in [0.1, 0.15) is 24.0 Å². The van der Waals surface area contributed by atoms with Crippen molar-refractivity contribution in [2.75, 3.05) is 18.4 Å². The van der Waals surface area contributed by atoms with E-state index in [2.05, 4.69) is 20.8 Å². The standard InChI is InChI=1S/C21H21F3N4O/c1-12-4-6-15(17(9-12)21(22,23)24)13-5-7-18-16(10-13)19(28-27-18)26-20(29)14-3-2-8-25-11-14/h4-7,9-10,14,25H,2-3,8,11H2,1H3,(H2,26,27,28,29)/t14-/m1/s1. The molecule has 1 aliphatic heterocycles. The number of nitrogens with one attached hydrogen (secondary N) is 3. The predicted molar refractivity (Wildman–Crippen MR) is 105 cm³/mol. The monoisotopic (exact) mass is 402 g/mol. The Morgan fingerprint density at radius 1 is 1.21 bits per heavy atom. The maximum atomic E-state index is 13.5. The molecule has 1 amide bonds. The van der Waals surface area contributed by atoms with Crippen LogP contribution in [0.5, 0.6) is 0 Å². The highest BCUT2D eigenvalue weighted by Gasteiger charge is 2.34. The molecule has 1 fully saturated rings. The molecule has 5 nitrogen and oxygen atoms in total. The number of hydrogen-bond acceptors (Lipinski definition) is 3. The summed E-state index contributed by atoms with van der Waals surface area (Å²) < 4.78 is 40.6. The van der Waals surface area contributed by atoms with Gasteiger partial charge < -0.3 is 10.6 Å². The Morgan fingerprint density at radius 3 is 2.76 bits per heavy atom. The molecule has 152 valence electrons. The number of alkyl halides is 3. The van der Waals surface area contributed by atoms with Gasteiger partial charge in [-0.2, -0.15) is 18.3 Å². The van der Waals surface area contributed by atoms with Crippen molar-refractivity contribution in [1.29, 1.82) is 0 Å². The Morgan fingerprint density at radius 2 is 2.03 bits per heavy atom. The molecule has 1 aromatic heterocycles. The van der Waals surface area contributed by atoms with E-state index in [-0.39, 0.29) is 17.4 Å². The average Bonchev–Trinajstić information content (AvgIpc) is 3.10. The Balaban J connectivity index is 1.70. The molecule has 4 rings (SSSR count). The molecular formula is C21H21F3N4O. The summed E-state index contributed by atoms with van der Waals surface area (Å²) in [6.07, 6.45) is -2.74. The number of aryl methyl sites for hydroxylation is 1. The zero-order chi connectivity index (χ0) is 20.6. The van der Waals surface area contributed by atoms with Gasteiger partial charge in [0.15, 0.2) is 5.82 Å². The second kappa shape index (κ2) is 7.51. The molecule has 3 aromatic rings. The number of hydrogen-bond donors (Lipinski definition) is 3. The molecule has 0 radical (unpaired) electrons. The number of anilines is 1. The van der Waals surface area contributed by atoms with Crippen LogP contribution in [0.2, 0.25) is 0 Å². The van der Waals surface area contributed by atoms with Crippen molar-refractivity contribution in [2.45, 2.75) is 25.9 Å². The van der Waals surface area contributed by atoms with Crippen LogP contribution in [0.15, 0.2) is 36.4 Å². The minimum Gasteiger partial charge on any atom is -0.316 e. The van der Waals surface area contributed by atoms with Crippen molar-refractivity contribution < 1.29 is 18.0 Å². The first-order chi connectivity index (χ1) is 13.8. The maximum Gasteiger partial charge on any atom is 0.417 e. The van der Waals surface area contributed by atoms with Crippen LogP contribution in [0.4, 0.5) is 19.0 Å². The van der Waals surface area contributed by atoms with Gasteiger partial charge in [0, 0.05) is 11.9 Å².